The summed E-state index contributed by atoms with van der Waals surface area (Å²) in [6, 6.07) is 0. The predicted octanol–water partition coefficient (Wildman–Crippen LogP) is -0.0158. The van der Waals surface area contributed by atoms with E-state index < -0.39 is 0 Å². The van der Waals surface area contributed by atoms with Crippen LogP contribution in [0.4, 0.5) is 0 Å². The first kappa shape index (κ1) is 4.91. The van der Waals surface area contributed by atoms with Crippen molar-refractivity contribution in [3.8, 4) is 0 Å². The third kappa shape index (κ3) is 1.06. The maximum absolute atomic E-state index is 5.44. The minimum atomic E-state index is 0.944. The molecule has 1 nitrogen and oxygen atoms in total. The van der Waals surface area contributed by atoms with E-state index in [9.17, 15) is 0 Å². The normalized spacial score (nSPS) is 22.7. The van der Waals surface area contributed by atoms with Gasteiger partial charge in [-0.2, -0.15) is 0 Å². The highest BCUT2D eigenvalue weighted by Crippen LogP contribution is 2.00. The molecule has 0 saturated carbocycles. The summed E-state index contributed by atoms with van der Waals surface area (Å²) in [5.74, 6) is 0. The summed E-state index contributed by atoms with van der Waals surface area (Å²) >= 11 is 0. The molecule has 0 fully saturated rings. The fourth-order valence-corrected chi connectivity index (χ4v) is 0.714. The summed E-state index contributed by atoms with van der Waals surface area (Å²) in [7, 11) is 7.50. The topological polar surface area (TPSA) is 3.24 Å². The highest BCUT2D eigenvalue weighted by Gasteiger charge is 2.02. The van der Waals surface area contributed by atoms with Crippen molar-refractivity contribution in [2.45, 2.75) is 0 Å². The van der Waals surface area contributed by atoms with Crippen molar-refractivity contribution in [1.29, 1.82) is 0 Å². The molecule has 0 aliphatic carbocycles. The number of hydrogen-bond donors (Lipinski definition) is 0. The van der Waals surface area contributed by atoms with Crippen LogP contribution in [0.3, 0.4) is 0 Å². The van der Waals surface area contributed by atoms with E-state index in [2.05, 4.69) is 11.9 Å². The van der Waals surface area contributed by atoms with Crippen LogP contribution in [0.2, 0.25) is 0 Å². The summed E-state index contributed by atoms with van der Waals surface area (Å²) in [5.41, 5.74) is 1.00. The Morgan fingerprint density at radius 1 is 1.86 bits per heavy atom. The van der Waals surface area contributed by atoms with Gasteiger partial charge in [-0.25, -0.2) is 0 Å². The first-order chi connectivity index (χ1) is 3.29. The lowest BCUT2D eigenvalue weighted by Crippen LogP contribution is -2.13. The zero-order valence-corrected chi connectivity index (χ0v) is 4.52. The number of hydrogen-bond acceptors (Lipinski definition) is 1. The molecule has 2 heteroatoms. The second-order valence-corrected chi connectivity index (χ2v) is 1.98. The quantitative estimate of drug-likeness (QED) is 0.380. The Hall–Kier alpha value is -0.235. The van der Waals surface area contributed by atoms with Gasteiger partial charge in [0, 0.05) is 13.1 Å². The van der Waals surface area contributed by atoms with E-state index in [1.54, 1.807) is 0 Å². The second-order valence-electron chi connectivity index (χ2n) is 1.98. The second kappa shape index (κ2) is 1.70. The van der Waals surface area contributed by atoms with Gasteiger partial charge >= 0.3 is 0 Å². The fourth-order valence-electron chi connectivity index (χ4n) is 0.714. The molecule has 0 bridgehead atoms. The highest BCUT2D eigenvalue weighted by molar-refractivity contribution is 6.22. The average molecular weight is 92.9 g/mol. The summed E-state index contributed by atoms with van der Waals surface area (Å²) < 4.78 is 0. The van der Waals surface area contributed by atoms with Crippen LogP contribution in [-0.2, 0) is 0 Å². The van der Waals surface area contributed by atoms with Crippen LogP contribution in [-0.4, -0.2) is 32.9 Å². The predicted molar refractivity (Wildman–Crippen MR) is 31.3 cm³/mol. The van der Waals surface area contributed by atoms with Crippen molar-refractivity contribution in [2.24, 2.45) is 0 Å². The monoisotopic (exact) mass is 93.1 g/mol. The van der Waals surface area contributed by atoms with E-state index in [0.29, 0.717) is 0 Å². The molecule has 0 N–H and O–H groups in total. The fraction of sp³-hybridized carbons (Fsp3) is 0.600. The Morgan fingerprint density at radius 3 is 2.71 bits per heavy atom. The van der Waals surface area contributed by atoms with Crippen molar-refractivity contribution in [3.05, 3.63) is 11.5 Å². The summed E-state index contributed by atoms with van der Waals surface area (Å²) in [6.07, 6.45) is 2.04. The SMILES string of the molecule is [B]C1=CCN(C)C1. The lowest BCUT2D eigenvalue weighted by atomic mass is 9.97. The first-order valence-corrected chi connectivity index (χ1v) is 2.42. The van der Waals surface area contributed by atoms with E-state index >= 15 is 0 Å². The Bertz CT molecular complexity index is 98.3. The molecule has 2 radical (unpaired) electrons. The van der Waals surface area contributed by atoms with Crippen molar-refractivity contribution in [1.82, 2.24) is 4.90 Å². The van der Waals surface area contributed by atoms with Gasteiger partial charge in [-0.05, 0) is 7.05 Å². The van der Waals surface area contributed by atoms with E-state index in [4.69, 9.17) is 7.85 Å². The molecule has 0 aromatic carbocycles. The zero-order valence-electron chi connectivity index (χ0n) is 4.52. The number of rotatable bonds is 0. The number of nitrogens with zero attached hydrogens (tertiary/aromatic N) is 1. The van der Waals surface area contributed by atoms with Crippen molar-refractivity contribution in [3.63, 3.8) is 0 Å². The van der Waals surface area contributed by atoms with Gasteiger partial charge in [0.2, 0.25) is 0 Å². The van der Waals surface area contributed by atoms with E-state index in [1.165, 1.54) is 0 Å². The van der Waals surface area contributed by atoms with E-state index in [1.807, 2.05) is 6.08 Å². The maximum Gasteiger partial charge on any atom is 0.109 e. The third-order valence-electron chi connectivity index (χ3n) is 1.12. The minimum absolute atomic E-state index is 0.944. The van der Waals surface area contributed by atoms with Crippen LogP contribution in [0.1, 0.15) is 0 Å². The maximum atomic E-state index is 5.44. The Balaban J connectivity index is 2.42. The minimum Gasteiger partial charge on any atom is -0.300 e. The van der Waals surface area contributed by atoms with Crippen LogP contribution >= 0.6 is 0 Å². The lowest BCUT2D eigenvalue weighted by molar-refractivity contribution is 0.433. The van der Waals surface area contributed by atoms with Crippen molar-refractivity contribution < 1.29 is 0 Å². The molecule has 0 aromatic rings. The lowest BCUT2D eigenvalue weighted by Gasteiger charge is -2.03. The molecule has 1 heterocycles. The molecule has 0 amide bonds. The van der Waals surface area contributed by atoms with E-state index in [0.717, 1.165) is 18.6 Å². The molecule has 7 heavy (non-hydrogen) atoms. The summed E-state index contributed by atoms with van der Waals surface area (Å²) in [6.45, 7) is 1.96. The van der Waals surface area contributed by atoms with Gasteiger partial charge in [0.05, 0.1) is 0 Å². The molecule has 36 valence electrons. The van der Waals surface area contributed by atoms with Crippen LogP contribution in [0, 0.1) is 0 Å². The molecule has 0 saturated heterocycles. The van der Waals surface area contributed by atoms with Gasteiger partial charge < -0.3 is 0 Å². The van der Waals surface area contributed by atoms with Gasteiger partial charge in [-0.1, -0.05) is 6.08 Å². The van der Waals surface area contributed by atoms with Gasteiger partial charge in [0.15, 0.2) is 0 Å². The largest absolute Gasteiger partial charge is 0.300 e. The summed E-state index contributed by atoms with van der Waals surface area (Å²) in [4.78, 5) is 2.16. The van der Waals surface area contributed by atoms with Crippen LogP contribution < -0.4 is 0 Å². The molecular formula is C5H8BN. The first-order valence-electron chi connectivity index (χ1n) is 2.42. The Morgan fingerprint density at radius 2 is 2.57 bits per heavy atom. The van der Waals surface area contributed by atoms with Crippen LogP contribution in [0.5, 0.6) is 0 Å². The molecule has 0 spiro atoms. The van der Waals surface area contributed by atoms with Crippen LogP contribution in [0.25, 0.3) is 0 Å². The van der Waals surface area contributed by atoms with Crippen molar-refractivity contribution >= 4 is 7.85 Å². The van der Waals surface area contributed by atoms with Gasteiger partial charge in [0.1, 0.15) is 7.85 Å². The average Bonchev–Trinajstić information content (AvgIpc) is 1.87. The van der Waals surface area contributed by atoms with Gasteiger partial charge in [-0.3, -0.25) is 4.90 Å². The Kier molecular flexibility index (Phi) is 1.20. The van der Waals surface area contributed by atoms with Crippen molar-refractivity contribution in [2.75, 3.05) is 20.1 Å². The Labute approximate surface area is 45.4 Å². The zero-order chi connectivity index (χ0) is 5.28. The standard InChI is InChI=1S/C5H8BN/c1-7-3-2-5(6)4-7/h2H,3-4H2,1H3. The molecule has 0 unspecified atom stereocenters. The van der Waals surface area contributed by atoms with Gasteiger partial charge in [-0.15, -0.1) is 5.47 Å². The molecule has 0 atom stereocenters. The molecule has 1 rings (SSSR count). The van der Waals surface area contributed by atoms with Gasteiger partial charge in [0.25, 0.3) is 0 Å². The molecular weight excluding hydrogens is 84.9 g/mol. The van der Waals surface area contributed by atoms with Crippen LogP contribution in [0.15, 0.2) is 11.5 Å². The summed E-state index contributed by atoms with van der Waals surface area (Å²) in [5, 5.41) is 0. The molecule has 0 aromatic heterocycles. The highest BCUT2D eigenvalue weighted by atomic mass is 15.1. The smallest absolute Gasteiger partial charge is 0.109 e. The number of likely N-dealkylation sites (N-methyl/N-ethyl adjacent to an activating group) is 1. The van der Waals surface area contributed by atoms with E-state index in [-0.39, 0.29) is 0 Å². The molecule has 1 aliphatic heterocycles. The third-order valence-corrected chi connectivity index (χ3v) is 1.12. The molecule has 1 aliphatic rings.